The summed E-state index contributed by atoms with van der Waals surface area (Å²) in [7, 11) is 1.38. The van der Waals surface area contributed by atoms with E-state index in [1.807, 2.05) is 24.4 Å². The minimum atomic E-state index is -0.891. The minimum Gasteiger partial charge on any atom is -0.478 e. The van der Waals surface area contributed by atoms with Crippen molar-refractivity contribution in [1.82, 2.24) is 9.97 Å². The van der Waals surface area contributed by atoms with E-state index in [1.165, 1.54) is 7.11 Å². The number of carboxylic acids is 1. The Morgan fingerprint density at radius 3 is 1.88 bits per heavy atom. The van der Waals surface area contributed by atoms with Crippen LogP contribution < -0.4 is 0 Å². The molecule has 0 spiro atoms. The van der Waals surface area contributed by atoms with E-state index in [2.05, 4.69) is 14.7 Å². The molecule has 25 heavy (non-hydrogen) atoms. The van der Waals surface area contributed by atoms with Gasteiger partial charge in [0.25, 0.3) is 0 Å². The molecule has 0 amide bonds. The summed E-state index contributed by atoms with van der Waals surface area (Å²) in [5.74, 6) is -1.19. The highest BCUT2D eigenvalue weighted by atomic mass is 16.5. The number of H-pyrrole nitrogens is 2. The molecule has 4 aromatic rings. The van der Waals surface area contributed by atoms with E-state index in [-0.39, 0.29) is 5.97 Å². The van der Waals surface area contributed by atoms with Crippen LogP contribution in [0.5, 0.6) is 0 Å². The van der Waals surface area contributed by atoms with E-state index in [0.717, 1.165) is 21.8 Å². The number of hydrogen-bond acceptors (Lipinski definition) is 3. The zero-order chi connectivity index (χ0) is 17.8. The zero-order valence-corrected chi connectivity index (χ0v) is 13.4. The van der Waals surface area contributed by atoms with Crippen molar-refractivity contribution in [3.05, 3.63) is 72.1 Å². The van der Waals surface area contributed by atoms with Crippen molar-refractivity contribution in [3.63, 3.8) is 0 Å². The lowest BCUT2D eigenvalue weighted by molar-refractivity contribution is 0.0600. The van der Waals surface area contributed by atoms with Crippen molar-refractivity contribution in [3.8, 4) is 0 Å². The standard InChI is InChI=1S/C10H9NO2.C9H7NO2/c1-13-10(12)8-2-3-9-7(6-8)4-5-11-9;11-9(12)7-1-2-8-6(5-7)3-4-10-8/h2-6,11H,1H3;1-5,10H,(H,11,12). The number of esters is 1. The fourth-order valence-electron chi connectivity index (χ4n) is 2.48. The molecule has 0 bridgehead atoms. The average Bonchev–Trinajstić information content (AvgIpc) is 3.28. The van der Waals surface area contributed by atoms with Crippen LogP contribution >= 0.6 is 0 Å². The third kappa shape index (κ3) is 3.53. The first-order valence-corrected chi connectivity index (χ1v) is 7.54. The highest BCUT2D eigenvalue weighted by Crippen LogP contribution is 2.15. The molecule has 2 aromatic carbocycles. The minimum absolute atomic E-state index is 0.303. The van der Waals surface area contributed by atoms with Gasteiger partial charge in [0.1, 0.15) is 0 Å². The van der Waals surface area contributed by atoms with Crippen molar-refractivity contribution >= 4 is 33.7 Å². The lowest BCUT2D eigenvalue weighted by atomic mass is 10.1. The summed E-state index contributed by atoms with van der Waals surface area (Å²) in [5.41, 5.74) is 2.88. The smallest absolute Gasteiger partial charge is 0.337 e. The molecular formula is C19H16N2O4. The topological polar surface area (TPSA) is 95.2 Å². The first-order chi connectivity index (χ1) is 12.1. The molecular weight excluding hydrogens is 320 g/mol. The molecule has 0 aliphatic carbocycles. The highest BCUT2D eigenvalue weighted by Gasteiger charge is 2.05. The summed E-state index contributed by atoms with van der Waals surface area (Å²) in [6.07, 6.45) is 3.63. The van der Waals surface area contributed by atoms with E-state index in [9.17, 15) is 9.59 Å². The van der Waals surface area contributed by atoms with Gasteiger partial charge in [-0.3, -0.25) is 0 Å². The summed E-state index contributed by atoms with van der Waals surface area (Å²) in [5, 5.41) is 10.6. The summed E-state index contributed by atoms with van der Waals surface area (Å²) in [6, 6.07) is 14.2. The molecule has 0 saturated carbocycles. The molecule has 2 aromatic heterocycles. The Morgan fingerprint density at radius 1 is 0.840 bits per heavy atom. The molecule has 0 atom stereocenters. The molecule has 0 saturated heterocycles. The van der Waals surface area contributed by atoms with Crippen LogP contribution in [0.3, 0.4) is 0 Å². The molecule has 0 aliphatic heterocycles. The number of methoxy groups -OCH3 is 1. The molecule has 3 N–H and O–H groups in total. The number of benzene rings is 2. The van der Waals surface area contributed by atoms with Crippen molar-refractivity contribution in [1.29, 1.82) is 0 Å². The van der Waals surface area contributed by atoms with Crippen LogP contribution in [0.1, 0.15) is 20.7 Å². The highest BCUT2D eigenvalue weighted by molar-refractivity contribution is 5.94. The van der Waals surface area contributed by atoms with Crippen LogP contribution in [-0.4, -0.2) is 34.1 Å². The number of hydrogen-bond donors (Lipinski definition) is 3. The van der Waals surface area contributed by atoms with Gasteiger partial charge in [-0.05, 0) is 48.5 Å². The van der Waals surface area contributed by atoms with Crippen LogP contribution in [0.2, 0.25) is 0 Å². The fraction of sp³-hybridized carbons (Fsp3) is 0.0526. The molecule has 6 nitrogen and oxygen atoms in total. The van der Waals surface area contributed by atoms with Crippen LogP contribution in [-0.2, 0) is 4.74 Å². The average molecular weight is 336 g/mol. The van der Waals surface area contributed by atoms with E-state index >= 15 is 0 Å². The lowest BCUT2D eigenvalue weighted by Gasteiger charge is -1.98. The third-order valence-electron chi connectivity index (χ3n) is 3.77. The normalized spacial score (nSPS) is 10.3. The van der Waals surface area contributed by atoms with Crippen molar-refractivity contribution in [2.75, 3.05) is 7.11 Å². The van der Waals surface area contributed by atoms with Crippen LogP contribution in [0.4, 0.5) is 0 Å². The molecule has 6 heteroatoms. The zero-order valence-electron chi connectivity index (χ0n) is 13.4. The molecule has 0 fully saturated rings. The predicted molar refractivity (Wildman–Crippen MR) is 94.9 cm³/mol. The molecule has 126 valence electrons. The maximum absolute atomic E-state index is 11.1. The van der Waals surface area contributed by atoms with Gasteiger partial charge in [0.15, 0.2) is 0 Å². The van der Waals surface area contributed by atoms with Gasteiger partial charge in [-0.1, -0.05) is 0 Å². The van der Waals surface area contributed by atoms with Gasteiger partial charge in [-0.25, -0.2) is 9.59 Å². The molecule has 0 unspecified atom stereocenters. The van der Waals surface area contributed by atoms with Gasteiger partial charge < -0.3 is 19.8 Å². The van der Waals surface area contributed by atoms with E-state index in [4.69, 9.17) is 5.11 Å². The SMILES string of the molecule is COC(=O)c1ccc2[nH]ccc2c1.O=C(O)c1ccc2[nH]ccc2c1. The second kappa shape index (κ2) is 6.92. The number of carbonyl (C=O) groups excluding carboxylic acids is 1. The fourth-order valence-corrected chi connectivity index (χ4v) is 2.48. The second-order valence-electron chi connectivity index (χ2n) is 5.36. The lowest BCUT2D eigenvalue weighted by Crippen LogP contribution is -2.00. The van der Waals surface area contributed by atoms with E-state index in [1.54, 1.807) is 36.5 Å². The van der Waals surface area contributed by atoms with Crippen LogP contribution in [0.15, 0.2) is 60.9 Å². The van der Waals surface area contributed by atoms with Gasteiger partial charge >= 0.3 is 11.9 Å². The summed E-state index contributed by atoms with van der Waals surface area (Å²) < 4.78 is 4.61. The number of carbonyl (C=O) groups is 2. The van der Waals surface area contributed by atoms with E-state index in [0.29, 0.717) is 11.1 Å². The number of ether oxygens (including phenoxy) is 1. The Labute approximate surface area is 143 Å². The number of rotatable bonds is 2. The summed E-state index contributed by atoms with van der Waals surface area (Å²) in [4.78, 5) is 27.7. The number of fused-ring (bicyclic) bond motifs is 2. The summed E-state index contributed by atoms with van der Waals surface area (Å²) >= 11 is 0. The Morgan fingerprint density at radius 2 is 1.36 bits per heavy atom. The number of aromatic amines is 2. The van der Waals surface area contributed by atoms with Gasteiger partial charge in [-0.2, -0.15) is 0 Å². The van der Waals surface area contributed by atoms with Crippen LogP contribution in [0.25, 0.3) is 21.8 Å². The molecule has 0 aliphatic rings. The summed E-state index contributed by atoms with van der Waals surface area (Å²) in [6.45, 7) is 0. The predicted octanol–water partition coefficient (Wildman–Crippen LogP) is 3.82. The Balaban J connectivity index is 0.000000146. The van der Waals surface area contributed by atoms with Gasteiger partial charge in [0.05, 0.1) is 18.2 Å². The first-order valence-electron chi connectivity index (χ1n) is 7.54. The van der Waals surface area contributed by atoms with Gasteiger partial charge in [0.2, 0.25) is 0 Å². The second-order valence-corrected chi connectivity index (χ2v) is 5.36. The Kier molecular flexibility index (Phi) is 4.52. The van der Waals surface area contributed by atoms with Gasteiger partial charge in [0, 0.05) is 34.2 Å². The first kappa shape index (κ1) is 16.3. The quantitative estimate of drug-likeness (QED) is 0.485. The molecule has 0 radical (unpaired) electrons. The monoisotopic (exact) mass is 336 g/mol. The number of nitrogens with one attached hydrogen (secondary N) is 2. The van der Waals surface area contributed by atoms with Gasteiger partial charge in [-0.15, -0.1) is 0 Å². The van der Waals surface area contributed by atoms with Crippen molar-refractivity contribution in [2.24, 2.45) is 0 Å². The molecule has 4 rings (SSSR count). The maximum atomic E-state index is 11.1. The Bertz CT molecular complexity index is 1050. The molecule has 2 heterocycles. The third-order valence-corrected chi connectivity index (χ3v) is 3.77. The maximum Gasteiger partial charge on any atom is 0.337 e. The number of aromatic carboxylic acids is 1. The number of carboxylic acid groups (broad SMARTS) is 1. The van der Waals surface area contributed by atoms with E-state index < -0.39 is 5.97 Å². The van der Waals surface area contributed by atoms with Crippen molar-refractivity contribution in [2.45, 2.75) is 0 Å². The number of aromatic nitrogens is 2. The van der Waals surface area contributed by atoms with Crippen LogP contribution in [0, 0.1) is 0 Å². The van der Waals surface area contributed by atoms with Crippen molar-refractivity contribution < 1.29 is 19.4 Å². The largest absolute Gasteiger partial charge is 0.478 e. The Hall–Kier alpha value is -3.54.